The Morgan fingerprint density at radius 2 is 2.15 bits per heavy atom. The van der Waals surface area contributed by atoms with E-state index in [-0.39, 0.29) is 12.2 Å². The topological polar surface area (TPSA) is 29.5 Å². The highest BCUT2D eigenvalue weighted by Crippen LogP contribution is 2.12. The van der Waals surface area contributed by atoms with Gasteiger partial charge in [0.2, 0.25) is 0 Å². The molecular weight excluding hydrogens is 168 g/mol. The number of amides is 1. The van der Waals surface area contributed by atoms with Crippen molar-refractivity contribution in [1.29, 1.82) is 0 Å². The molecule has 1 saturated heterocycles. The summed E-state index contributed by atoms with van der Waals surface area (Å²) in [7, 11) is 6.30. The number of carbonyl (C=O) groups excluding carboxylic acids is 1. The van der Waals surface area contributed by atoms with Crippen molar-refractivity contribution in [3.8, 4) is 0 Å². The third-order valence-corrected chi connectivity index (χ3v) is 2.08. The van der Waals surface area contributed by atoms with E-state index in [0.717, 1.165) is 24.1 Å². The fraction of sp³-hybridized carbons (Fsp3) is 0.889. The van der Waals surface area contributed by atoms with Crippen LogP contribution in [0.2, 0.25) is 0 Å². The Morgan fingerprint density at radius 1 is 1.54 bits per heavy atom. The molecule has 0 aromatic rings. The Labute approximate surface area is 79.7 Å². The molecule has 1 rings (SSSR count). The number of nitrogens with zero attached hydrogens (tertiary/aromatic N) is 2. The van der Waals surface area contributed by atoms with Crippen LogP contribution in [0.15, 0.2) is 0 Å². The van der Waals surface area contributed by atoms with Crippen LogP contribution in [-0.2, 0) is 4.74 Å². The molecule has 0 saturated carbocycles. The van der Waals surface area contributed by atoms with Crippen molar-refractivity contribution < 1.29 is 14.0 Å². The number of quaternary nitrogens is 1. The first kappa shape index (κ1) is 10.3. The van der Waals surface area contributed by atoms with Crippen molar-refractivity contribution >= 4 is 6.09 Å². The van der Waals surface area contributed by atoms with Crippen LogP contribution in [0.3, 0.4) is 0 Å². The number of hydrogen-bond acceptors (Lipinski definition) is 2. The third kappa shape index (κ3) is 2.88. The van der Waals surface area contributed by atoms with E-state index in [1.807, 2.05) is 6.92 Å². The Balaban J connectivity index is 2.45. The molecule has 0 aromatic carbocycles. The summed E-state index contributed by atoms with van der Waals surface area (Å²) in [6.07, 6.45) is -0.103. The molecule has 1 amide bonds. The van der Waals surface area contributed by atoms with Gasteiger partial charge in [0.05, 0.1) is 27.7 Å². The van der Waals surface area contributed by atoms with Crippen LogP contribution >= 0.6 is 0 Å². The summed E-state index contributed by atoms with van der Waals surface area (Å²) in [5.74, 6) is 0. The second-order valence-corrected chi connectivity index (χ2v) is 4.52. The van der Waals surface area contributed by atoms with Crippen LogP contribution in [0.25, 0.3) is 0 Å². The molecule has 13 heavy (non-hydrogen) atoms. The lowest BCUT2D eigenvalue weighted by Gasteiger charge is -2.25. The molecule has 0 bridgehead atoms. The quantitative estimate of drug-likeness (QED) is 0.603. The van der Waals surface area contributed by atoms with Crippen LogP contribution in [0.5, 0.6) is 0 Å². The zero-order valence-electron chi connectivity index (χ0n) is 8.91. The average molecular weight is 187 g/mol. The monoisotopic (exact) mass is 187 g/mol. The van der Waals surface area contributed by atoms with E-state index >= 15 is 0 Å². The van der Waals surface area contributed by atoms with Crippen molar-refractivity contribution in [1.82, 2.24) is 4.90 Å². The van der Waals surface area contributed by atoms with Gasteiger partial charge in [-0.2, -0.15) is 0 Å². The normalized spacial score (nSPS) is 23.5. The number of carbonyl (C=O) groups is 1. The predicted molar refractivity (Wildman–Crippen MR) is 50.4 cm³/mol. The van der Waals surface area contributed by atoms with Gasteiger partial charge in [0, 0.05) is 6.54 Å². The zero-order chi connectivity index (χ0) is 10.1. The van der Waals surface area contributed by atoms with E-state index in [1.54, 1.807) is 4.90 Å². The van der Waals surface area contributed by atoms with Gasteiger partial charge in [-0.15, -0.1) is 0 Å². The van der Waals surface area contributed by atoms with E-state index in [1.165, 1.54) is 0 Å². The van der Waals surface area contributed by atoms with Gasteiger partial charge in [-0.05, 0) is 6.92 Å². The summed E-state index contributed by atoms with van der Waals surface area (Å²) < 4.78 is 6.04. The molecule has 1 fully saturated rings. The molecule has 0 radical (unpaired) electrons. The molecule has 0 N–H and O–H groups in total. The van der Waals surface area contributed by atoms with E-state index in [0.29, 0.717) is 0 Å². The average Bonchev–Trinajstić information content (AvgIpc) is 2.26. The third-order valence-electron chi connectivity index (χ3n) is 2.08. The smallest absolute Gasteiger partial charge is 0.410 e. The first-order valence-electron chi connectivity index (χ1n) is 4.68. The van der Waals surface area contributed by atoms with Crippen molar-refractivity contribution in [2.24, 2.45) is 0 Å². The summed E-state index contributed by atoms with van der Waals surface area (Å²) >= 11 is 0. The number of ether oxygens (including phenoxy) is 1. The fourth-order valence-electron chi connectivity index (χ4n) is 1.54. The molecule has 1 aliphatic heterocycles. The van der Waals surface area contributed by atoms with Gasteiger partial charge >= 0.3 is 6.09 Å². The number of likely N-dealkylation sites (N-methyl/N-ethyl adjacent to an activating group) is 2. The Bertz CT molecular complexity index is 198. The lowest BCUT2D eigenvalue weighted by Crippen LogP contribution is -2.42. The molecule has 0 spiro atoms. The standard InChI is InChI=1S/C9H19N2O2/c1-5-10-6-8(13-9(10)12)7-11(2,3)4/h8H,5-7H2,1-4H3/q+1. The summed E-state index contributed by atoms with van der Waals surface area (Å²) in [6, 6.07) is 0. The minimum Gasteiger partial charge on any atom is -0.438 e. The Hall–Kier alpha value is -0.770. The number of rotatable bonds is 3. The summed E-state index contributed by atoms with van der Waals surface area (Å²) in [5, 5.41) is 0. The number of cyclic esters (lactones) is 1. The Kier molecular flexibility index (Phi) is 2.81. The number of hydrogen-bond donors (Lipinski definition) is 0. The van der Waals surface area contributed by atoms with Gasteiger partial charge < -0.3 is 14.1 Å². The molecule has 4 nitrogen and oxygen atoms in total. The van der Waals surface area contributed by atoms with Gasteiger partial charge in [-0.1, -0.05) is 0 Å². The first-order chi connectivity index (χ1) is 5.92. The lowest BCUT2D eigenvalue weighted by atomic mass is 10.3. The molecule has 1 unspecified atom stereocenters. The molecule has 1 aliphatic rings. The van der Waals surface area contributed by atoms with Crippen LogP contribution < -0.4 is 0 Å². The molecule has 76 valence electrons. The van der Waals surface area contributed by atoms with Crippen molar-refractivity contribution in [2.75, 3.05) is 40.8 Å². The molecular formula is C9H19N2O2+. The maximum atomic E-state index is 11.2. The molecule has 1 heterocycles. The SMILES string of the molecule is CCN1CC(C[N+](C)(C)C)OC1=O. The van der Waals surface area contributed by atoms with Crippen molar-refractivity contribution in [3.05, 3.63) is 0 Å². The van der Waals surface area contributed by atoms with Crippen LogP contribution in [0.1, 0.15) is 6.92 Å². The minimum absolute atomic E-state index is 0.0625. The second kappa shape index (κ2) is 3.54. The Morgan fingerprint density at radius 3 is 2.54 bits per heavy atom. The van der Waals surface area contributed by atoms with Gasteiger partial charge in [0.15, 0.2) is 6.10 Å². The molecule has 0 aromatic heterocycles. The fourth-order valence-corrected chi connectivity index (χ4v) is 1.54. The van der Waals surface area contributed by atoms with Crippen LogP contribution in [0.4, 0.5) is 4.79 Å². The van der Waals surface area contributed by atoms with Gasteiger partial charge in [-0.3, -0.25) is 0 Å². The zero-order valence-corrected chi connectivity index (χ0v) is 8.91. The van der Waals surface area contributed by atoms with Crippen LogP contribution in [0, 0.1) is 0 Å². The maximum absolute atomic E-state index is 11.2. The van der Waals surface area contributed by atoms with E-state index < -0.39 is 0 Å². The first-order valence-corrected chi connectivity index (χ1v) is 4.68. The van der Waals surface area contributed by atoms with Crippen molar-refractivity contribution in [3.63, 3.8) is 0 Å². The highest BCUT2D eigenvalue weighted by atomic mass is 16.6. The maximum Gasteiger partial charge on any atom is 0.410 e. The summed E-state index contributed by atoms with van der Waals surface area (Å²) in [4.78, 5) is 12.9. The van der Waals surface area contributed by atoms with Crippen LogP contribution in [-0.4, -0.2) is 62.4 Å². The molecule has 1 atom stereocenters. The van der Waals surface area contributed by atoms with E-state index in [2.05, 4.69) is 21.1 Å². The largest absolute Gasteiger partial charge is 0.438 e. The van der Waals surface area contributed by atoms with Gasteiger partial charge in [0.25, 0.3) is 0 Å². The van der Waals surface area contributed by atoms with E-state index in [4.69, 9.17) is 4.74 Å². The highest BCUT2D eigenvalue weighted by Gasteiger charge is 2.33. The van der Waals surface area contributed by atoms with E-state index in [9.17, 15) is 4.79 Å². The van der Waals surface area contributed by atoms with Gasteiger partial charge in [-0.25, -0.2) is 4.79 Å². The van der Waals surface area contributed by atoms with Crippen molar-refractivity contribution in [2.45, 2.75) is 13.0 Å². The molecule has 4 heteroatoms. The summed E-state index contributed by atoms with van der Waals surface area (Å²) in [6.45, 7) is 4.33. The highest BCUT2D eigenvalue weighted by molar-refractivity contribution is 5.69. The second-order valence-electron chi connectivity index (χ2n) is 4.52. The minimum atomic E-state index is -0.166. The lowest BCUT2D eigenvalue weighted by molar-refractivity contribution is -0.873. The molecule has 0 aliphatic carbocycles. The van der Waals surface area contributed by atoms with Gasteiger partial charge in [0.1, 0.15) is 6.54 Å². The predicted octanol–water partition coefficient (Wildman–Crippen LogP) is 0.533. The summed E-state index contributed by atoms with van der Waals surface area (Å²) in [5.41, 5.74) is 0.